The Hall–Kier alpha value is -3.73. The van der Waals surface area contributed by atoms with E-state index < -0.39 is 0 Å². The molecule has 0 spiro atoms. The third-order valence-corrected chi connectivity index (χ3v) is 4.61. The fraction of sp³-hybridized carbons (Fsp3) is 0.125. The lowest BCUT2D eigenvalue weighted by Gasteiger charge is -2.10. The van der Waals surface area contributed by atoms with Gasteiger partial charge in [-0.1, -0.05) is 30.3 Å². The molecule has 29 heavy (non-hydrogen) atoms. The van der Waals surface area contributed by atoms with Crippen molar-refractivity contribution >= 4 is 11.0 Å². The molecule has 0 aliphatic rings. The SMILES string of the molecule is COc1cc(OC)c2c(=O)cc(-c3ccc(OCc4ccccc4)cc3)oc2c1. The lowest BCUT2D eigenvalue weighted by atomic mass is 10.1. The number of rotatable bonds is 6. The second-order valence-electron chi connectivity index (χ2n) is 6.48. The summed E-state index contributed by atoms with van der Waals surface area (Å²) < 4.78 is 22.4. The van der Waals surface area contributed by atoms with Gasteiger partial charge in [0.15, 0.2) is 5.43 Å². The topological polar surface area (TPSA) is 57.9 Å². The molecule has 5 heteroatoms. The van der Waals surface area contributed by atoms with E-state index in [0.29, 0.717) is 34.8 Å². The van der Waals surface area contributed by atoms with Gasteiger partial charge >= 0.3 is 0 Å². The molecular weight excluding hydrogens is 368 g/mol. The molecule has 0 atom stereocenters. The molecule has 0 bridgehead atoms. The zero-order valence-electron chi connectivity index (χ0n) is 16.2. The summed E-state index contributed by atoms with van der Waals surface area (Å²) in [6, 6.07) is 22.2. The van der Waals surface area contributed by atoms with E-state index in [1.54, 1.807) is 19.2 Å². The zero-order valence-corrected chi connectivity index (χ0v) is 16.2. The zero-order chi connectivity index (χ0) is 20.2. The van der Waals surface area contributed by atoms with Gasteiger partial charge in [-0.3, -0.25) is 4.79 Å². The average Bonchev–Trinajstić information content (AvgIpc) is 2.77. The first-order chi connectivity index (χ1) is 14.2. The van der Waals surface area contributed by atoms with Gasteiger partial charge in [0.25, 0.3) is 0 Å². The quantitative estimate of drug-likeness (QED) is 0.462. The lowest BCUT2D eigenvalue weighted by molar-refractivity contribution is 0.306. The molecule has 0 saturated carbocycles. The summed E-state index contributed by atoms with van der Waals surface area (Å²) in [6.45, 7) is 0.491. The van der Waals surface area contributed by atoms with Gasteiger partial charge < -0.3 is 18.6 Å². The Kier molecular flexibility index (Phi) is 5.20. The maximum absolute atomic E-state index is 12.7. The molecule has 1 aromatic heterocycles. The van der Waals surface area contributed by atoms with Crippen LogP contribution < -0.4 is 19.6 Å². The first kappa shape index (κ1) is 18.6. The van der Waals surface area contributed by atoms with E-state index in [4.69, 9.17) is 18.6 Å². The Labute approximate surface area is 168 Å². The first-order valence-corrected chi connectivity index (χ1v) is 9.15. The van der Waals surface area contributed by atoms with Crippen molar-refractivity contribution in [3.05, 3.63) is 88.6 Å². The monoisotopic (exact) mass is 388 g/mol. The van der Waals surface area contributed by atoms with Crippen molar-refractivity contribution in [1.29, 1.82) is 0 Å². The van der Waals surface area contributed by atoms with Crippen molar-refractivity contribution in [3.63, 3.8) is 0 Å². The van der Waals surface area contributed by atoms with E-state index in [9.17, 15) is 4.79 Å². The van der Waals surface area contributed by atoms with Crippen molar-refractivity contribution in [2.24, 2.45) is 0 Å². The Morgan fingerprint density at radius 3 is 2.28 bits per heavy atom. The highest BCUT2D eigenvalue weighted by Gasteiger charge is 2.13. The Balaban J connectivity index is 1.63. The minimum Gasteiger partial charge on any atom is -0.496 e. The fourth-order valence-corrected chi connectivity index (χ4v) is 3.11. The van der Waals surface area contributed by atoms with Crippen LogP contribution in [0.2, 0.25) is 0 Å². The van der Waals surface area contributed by atoms with Gasteiger partial charge in [-0.25, -0.2) is 0 Å². The maximum atomic E-state index is 12.7. The van der Waals surface area contributed by atoms with Gasteiger partial charge in [-0.05, 0) is 29.8 Å². The normalized spacial score (nSPS) is 10.7. The average molecular weight is 388 g/mol. The molecule has 0 aliphatic carbocycles. The van der Waals surface area contributed by atoms with E-state index >= 15 is 0 Å². The number of ether oxygens (including phenoxy) is 3. The van der Waals surface area contributed by atoms with E-state index in [0.717, 1.165) is 16.9 Å². The lowest BCUT2D eigenvalue weighted by Crippen LogP contribution is -2.03. The van der Waals surface area contributed by atoms with Crippen molar-refractivity contribution in [3.8, 4) is 28.6 Å². The number of fused-ring (bicyclic) bond motifs is 1. The molecule has 0 aliphatic heterocycles. The molecular formula is C24H20O5. The molecule has 1 heterocycles. The van der Waals surface area contributed by atoms with Gasteiger partial charge in [0.2, 0.25) is 0 Å². The van der Waals surface area contributed by atoms with Crippen LogP contribution in [-0.4, -0.2) is 14.2 Å². The summed E-state index contributed by atoms with van der Waals surface area (Å²) in [5, 5.41) is 0.389. The Bertz CT molecular complexity index is 1180. The summed E-state index contributed by atoms with van der Waals surface area (Å²) in [5.74, 6) is 2.18. The van der Waals surface area contributed by atoms with Crippen LogP contribution in [0.5, 0.6) is 17.2 Å². The molecule has 146 valence electrons. The van der Waals surface area contributed by atoms with Crippen LogP contribution in [0.4, 0.5) is 0 Å². The van der Waals surface area contributed by atoms with Gasteiger partial charge in [0.1, 0.15) is 40.6 Å². The van der Waals surface area contributed by atoms with Crippen LogP contribution in [0, 0.1) is 0 Å². The maximum Gasteiger partial charge on any atom is 0.197 e. The van der Waals surface area contributed by atoms with E-state index in [-0.39, 0.29) is 5.43 Å². The third kappa shape index (κ3) is 3.94. The van der Waals surface area contributed by atoms with E-state index in [1.165, 1.54) is 13.2 Å². The Morgan fingerprint density at radius 1 is 0.828 bits per heavy atom. The highest BCUT2D eigenvalue weighted by Crippen LogP contribution is 2.32. The summed E-state index contributed by atoms with van der Waals surface area (Å²) >= 11 is 0. The Morgan fingerprint density at radius 2 is 1.59 bits per heavy atom. The molecule has 0 fully saturated rings. The predicted octanol–water partition coefficient (Wildman–Crippen LogP) is 5.06. The van der Waals surface area contributed by atoms with Gasteiger partial charge in [-0.15, -0.1) is 0 Å². The fourth-order valence-electron chi connectivity index (χ4n) is 3.11. The highest BCUT2D eigenvalue weighted by molar-refractivity contribution is 5.86. The third-order valence-electron chi connectivity index (χ3n) is 4.61. The van der Waals surface area contributed by atoms with Crippen LogP contribution in [-0.2, 0) is 6.61 Å². The summed E-state index contributed by atoms with van der Waals surface area (Å²) in [7, 11) is 3.06. The van der Waals surface area contributed by atoms with Gasteiger partial charge in [-0.2, -0.15) is 0 Å². The summed E-state index contributed by atoms with van der Waals surface area (Å²) in [4.78, 5) is 12.7. The minimum absolute atomic E-state index is 0.176. The molecule has 4 rings (SSSR count). The molecule has 0 saturated heterocycles. The minimum atomic E-state index is -0.176. The molecule has 4 aromatic rings. The van der Waals surface area contributed by atoms with E-state index in [1.807, 2.05) is 54.6 Å². The summed E-state index contributed by atoms with van der Waals surface area (Å²) in [6.07, 6.45) is 0. The summed E-state index contributed by atoms with van der Waals surface area (Å²) in [5.41, 5.74) is 2.11. The second kappa shape index (κ2) is 8.10. The van der Waals surface area contributed by atoms with Crippen LogP contribution in [0.25, 0.3) is 22.3 Å². The van der Waals surface area contributed by atoms with Gasteiger partial charge in [0.05, 0.1) is 14.2 Å². The van der Waals surface area contributed by atoms with E-state index in [2.05, 4.69) is 0 Å². The number of hydrogen-bond donors (Lipinski definition) is 0. The molecule has 0 radical (unpaired) electrons. The molecule has 5 nitrogen and oxygen atoms in total. The first-order valence-electron chi connectivity index (χ1n) is 9.15. The molecule has 3 aromatic carbocycles. The molecule has 0 unspecified atom stereocenters. The van der Waals surface area contributed by atoms with Crippen molar-refractivity contribution in [2.75, 3.05) is 14.2 Å². The predicted molar refractivity (Wildman–Crippen MR) is 112 cm³/mol. The number of benzene rings is 3. The molecule has 0 amide bonds. The smallest absolute Gasteiger partial charge is 0.197 e. The van der Waals surface area contributed by atoms with Crippen LogP contribution in [0.3, 0.4) is 0 Å². The highest BCUT2D eigenvalue weighted by atomic mass is 16.5. The van der Waals surface area contributed by atoms with Crippen LogP contribution >= 0.6 is 0 Å². The largest absolute Gasteiger partial charge is 0.496 e. The van der Waals surface area contributed by atoms with Crippen molar-refractivity contribution in [2.45, 2.75) is 6.61 Å². The number of methoxy groups -OCH3 is 2. The molecule has 0 N–H and O–H groups in total. The number of hydrogen-bond acceptors (Lipinski definition) is 5. The van der Waals surface area contributed by atoms with Crippen molar-refractivity contribution < 1.29 is 18.6 Å². The van der Waals surface area contributed by atoms with Gasteiger partial charge in [0, 0.05) is 23.8 Å². The standard InChI is InChI=1S/C24H20O5/c1-26-19-12-22(27-2)24-20(25)14-21(29-23(24)13-19)17-8-10-18(11-9-17)28-15-16-6-4-3-5-7-16/h3-14H,15H2,1-2H3. The van der Waals surface area contributed by atoms with Crippen LogP contribution in [0.1, 0.15) is 5.56 Å². The second-order valence-corrected chi connectivity index (χ2v) is 6.48. The van der Waals surface area contributed by atoms with Crippen LogP contribution in [0.15, 0.2) is 82.0 Å². The van der Waals surface area contributed by atoms with Crippen molar-refractivity contribution in [1.82, 2.24) is 0 Å².